The summed E-state index contributed by atoms with van der Waals surface area (Å²) in [7, 11) is 0. The quantitative estimate of drug-likeness (QED) is 0.210. The monoisotopic (exact) mass is 567 g/mol. The topological polar surface area (TPSA) is 16.4 Å². The highest BCUT2D eigenvalue weighted by atomic mass is 32.1. The lowest BCUT2D eigenvalue weighted by Gasteiger charge is -2.25. The summed E-state index contributed by atoms with van der Waals surface area (Å²) in [5.41, 5.74) is 7.67. The standard InChI is InChI=1S/C40H25NOS/c1-3-9-26(10-4-1)27-15-18-30(19-16-27)41(29-12-5-2-6-13-29)31-20-23-36-34(25-31)39-37(43-36)24-21-33-38-32-14-8-7-11-28(32)17-22-35(38)42-40(33)39/h1-25H. The van der Waals surface area contributed by atoms with E-state index in [1.807, 2.05) is 11.3 Å². The SMILES string of the molecule is c1ccc(-c2ccc(N(c3ccccc3)c3ccc4sc5ccc6c(oc7ccc8ccccc8c76)c5c4c3)cc2)cc1. The van der Waals surface area contributed by atoms with Crippen molar-refractivity contribution in [2.45, 2.75) is 0 Å². The molecule has 3 heteroatoms. The Labute approximate surface area is 252 Å². The number of anilines is 3. The molecule has 0 fully saturated rings. The number of fused-ring (bicyclic) bond motifs is 9. The number of hydrogen-bond donors (Lipinski definition) is 0. The fraction of sp³-hybridized carbons (Fsp3) is 0. The molecule has 0 aliphatic heterocycles. The van der Waals surface area contributed by atoms with E-state index in [-0.39, 0.29) is 0 Å². The number of nitrogens with zero attached hydrogens (tertiary/aromatic N) is 1. The van der Waals surface area contributed by atoms with Crippen molar-refractivity contribution >= 4 is 81.3 Å². The van der Waals surface area contributed by atoms with Crippen LogP contribution in [0.2, 0.25) is 0 Å². The maximum absolute atomic E-state index is 6.66. The van der Waals surface area contributed by atoms with Gasteiger partial charge in [-0.15, -0.1) is 11.3 Å². The molecular weight excluding hydrogens is 543 g/mol. The second kappa shape index (κ2) is 9.59. The smallest absolute Gasteiger partial charge is 0.144 e. The lowest BCUT2D eigenvalue weighted by Crippen LogP contribution is -2.09. The predicted octanol–water partition coefficient (Wildman–Crippen LogP) is 12.2. The second-order valence-corrected chi connectivity index (χ2v) is 12.0. The van der Waals surface area contributed by atoms with Gasteiger partial charge in [-0.05, 0) is 82.6 Å². The van der Waals surface area contributed by atoms with E-state index in [1.165, 1.54) is 52.8 Å². The molecule has 0 spiro atoms. The average Bonchev–Trinajstić information content (AvgIpc) is 3.64. The molecule has 0 amide bonds. The number of hydrogen-bond acceptors (Lipinski definition) is 3. The Balaban J connectivity index is 1.26. The molecule has 0 atom stereocenters. The summed E-state index contributed by atoms with van der Waals surface area (Å²) in [5, 5.41) is 7.22. The van der Waals surface area contributed by atoms with Gasteiger partial charge in [-0.25, -0.2) is 0 Å². The Morgan fingerprint density at radius 1 is 0.442 bits per heavy atom. The molecule has 0 aliphatic rings. The van der Waals surface area contributed by atoms with Crippen molar-refractivity contribution < 1.29 is 4.42 Å². The first-order valence-electron chi connectivity index (χ1n) is 14.5. The third-order valence-electron chi connectivity index (χ3n) is 8.45. The van der Waals surface area contributed by atoms with Crippen molar-refractivity contribution in [1.82, 2.24) is 0 Å². The first-order valence-corrected chi connectivity index (χ1v) is 15.3. The van der Waals surface area contributed by atoms with Crippen molar-refractivity contribution in [3.8, 4) is 11.1 Å². The molecule has 43 heavy (non-hydrogen) atoms. The van der Waals surface area contributed by atoms with Crippen LogP contribution in [0.25, 0.3) is 64.0 Å². The van der Waals surface area contributed by atoms with Gasteiger partial charge in [-0.3, -0.25) is 0 Å². The van der Waals surface area contributed by atoms with Crippen LogP contribution in [0.5, 0.6) is 0 Å². The summed E-state index contributed by atoms with van der Waals surface area (Å²) in [6.07, 6.45) is 0. The van der Waals surface area contributed by atoms with Crippen LogP contribution in [0.4, 0.5) is 17.1 Å². The van der Waals surface area contributed by atoms with Crippen molar-refractivity contribution in [3.63, 3.8) is 0 Å². The molecule has 0 saturated carbocycles. The molecule has 2 aromatic heterocycles. The van der Waals surface area contributed by atoms with Crippen LogP contribution in [0.1, 0.15) is 0 Å². The van der Waals surface area contributed by atoms with Gasteiger partial charge in [0.2, 0.25) is 0 Å². The lowest BCUT2D eigenvalue weighted by atomic mass is 10.0. The van der Waals surface area contributed by atoms with Crippen LogP contribution < -0.4 is 4.90 Å². The minimum absolute atomic E-state index is 0.932. The normalized spacial score (nSPS) is 11.7. The minimum Gasteiger partial charge on any atom is -0.455 e. The highest BCUT2D eigenvalue weighted by Crippen LogP contribution is 2.45. The molecule has 0 bridgehead atoms. The number of thiophene rings is 1. The molecule has 0 radical (unpaired) electrons. The largest absolute Gasteiger partial charge is 0.455 e. The van der Waals surface area contributed by atoms with Gasteiger partial charge in [-0.2, -0.15) is 0 Å². The van der Waals surface area contributed by atoms with Gasteiger partial charge in [0.05, 0.1) is 0 Å². The molecule has 9 rings (SSSR count). The van der Waals surface area contributed by atoms with Gasteiger partial charge in [-0.1, -0.05) is 91.0 Å². The highest BCUT2D eigenvalue weighted by Gasteiger charge is 2.19. The molecule has 0 unspecified atom stereocenters. The summed E-state index contributed by atoms with van der Waals surface area (Å²) in [6, 6.07) is 54.1. The summed E-state index contributed by atoms with van der Waals surface area (Å²) in [5.74, 6) is 0. The Hall–Kier alpha value is -5.38. The van der Waals surface area contributed by atoms with Crippen molar-refractivity contribution in [1.29, 1.82) is 0 Å². The van der Waals surface area contributed by atoms with Crippen molar-refractivity contribution in [2.24, 2.45) is 0 Å². The minimum atomic E-state index is 0.932. The molecule has 9 aromatic rings. The van der Waals surface area contributed by atoms with Crippen LogP contribution in [-0.2, 0) is 0 Å². The van der Waals surface area contributed by atoms with Crippen molar-refractivity contribution in [2.75, 3.05) is 4.90 Å². The van der Waals surface area contributed by atoms with Crippen LogP contribution in [0.15, 0.2) is 156 Å². The van der Waals surface area contributed by atoms with Gasteiger partial charge in [0.15, 0.2) is 0 Å². The Kier molecular flexibility index (Phi) is 5.40. The molecule has 0 saturated heterocycles. The molecule has 2 heterocycles. The van der Waals surface area contributed by atoms with Crippen molar-refractivity contribution in [3.05, 3.63) is 152 Å². The van der Waals surface area contributed by atoms with Gasteiger partial charge in [0, 0.05) is 48.0 Å². The average molecular weight is 568 g/mol. The fourth-order valence-corrected chi connectivity index (χ4v) is 7.53. The van der Waals surface area contributed by atoms with E-state index in [2.05, 4.69) is 157 Å². The van der Waals surface area contributed by atoms with E-state index in [0.717, 1.165) is 28.2 Å². The van der Waals surface area contributed by atoms with Crippen LogP contribution >= 0.6 is 11.3 Å². The Morgan fingerprint density at radius 2 is 1.12 bits per heavy atom. The number of benzene rings is 7. The summed E-state index contributed by atoms with van der Waals surface area (Å²) < 4.78 is 9.15. The summed E-state index contributed by atoms with van der Waals surface area (Å²) in [6.45, 7) is 0. The summed E-state index contributed by atoms with van der Waals surface area (Å²) in [4.78, 5) is 2.34. The molecular formula is C40H25NOS. The van der Waals surface area contributed by atoms with E-state index in [1.54, 1.807) is 0 Å². The van der Waals surface area contributed by atoms with Crippen LogP contribution in [0.3, 0.4) is 0 Å². The van der Waals surface area contributed by atoms with Gasteiger partial charge >= 0.3 is 0 Å². The first kappa shape index (κ1) is 24.2. The zero-order chi connectivity index (χ0) is 28.3. The number of furan rings is 1. The molecule has 2 nitrogen and oxygen atoms in total. The van der Waals surface area contributed by atoms with Crippen LogP contribution in [0, 0.1) is 0 Å². The zero-order valence-corrected chi connectivity index (χ0v) is 24.0. The number of para-hydroxylation sites is 1. The molecule has 7 aromatic carbocycles. The van der Waals surface area contributed by atoms with Crippen LogP contribution in [-0.4, -0.2) is 0 Å². The van der Waals surface area contributed by atoms with E-state index >= 15 is 0 Å². The maximum Gasteiger partial charge on any atom is 0.144 e. The summed E-state index contributed by atoms with van der Waals surface area (Å²) >= 11 is 1.82. The Morgan fingerprint density at radius 3 is 1.95 bits per heavy atom. The maximum atomic E-state index is 6.66. The molecule has 202 valence electrons. The van der Waals surface area contributed by atoms with E-state index in [4.69, 9.17) is 4.42 Å². The van der Waals surface area contributed by atoms with E-state index in [9.17, 15) is 0 Å². The lowest BCUT2D eigenvalue weighted by molar-refractivity contribution is 0.673. The second-order valence-electron chi connectivity index (χ2n) is 10.9. The predicted molar refractivity (Wildman–Crippen MR) is 184 cm³/mol. The van der Waals surface area contributed by atoms with Gasteiger partial charge < -0.3 is 9.32 Å². The zero-order valence-electron chi connectivity index (χ0n) is 23.2. The number of rotatable bonds is 4. The highest BCUT2D eigenvalue weighted by molar-refractivity contribution is 7.26. The molecule has 0 aliphatic carbocycles. The third kappa shape index (κ3) is 3.86. The first-order chi connectivity index (χ1) is 21.3. The van der Waals surface area contributed by atoms with Gasteiger partial charge in [0.1, 0.15) is 11.2 Å². The van der Waals surface area contributed by atoms with E-state index < -0.39 is 0 Å². The van der Waals surface area contributed by atoms with E-state index in [0.29, 0.717) is 0 Å². The third-order valence-corrected chi connectivity index (χ3v) is 9.59. The molecule has 0 N–H and O–H groups in total. The Bertz CT molecular complexity index is 2440. The fourth-order valence-electron chi connectivity index (χ4n) is 6.45. The van der Waals surface area contributed by atoms with Gasteiger partial charge in [0.25, 0.3) is 0 Å².